The summed E-state index contributed by atoms with van der Waals surface area (Å²) in [4.78, 5) is 155. The molecule has 444 valence electrons. The average Bonchev–Trinajstić information content (AvgIpc) is 3.33. The summed E-state index contributed by atoms with van der Waals surface area (Å²) in [6.45, 7) is 30.7. The standard InChI is InChI=1S/C62H104N4O12/c1-18-20-21-40(15)58(74)49-33-55(72)48(38(11)12)32-54(71)44(25-35(5)6)30-53(70)43(24-34(3)4)29-52(69)41(16)63-59(75)42(17)64-60(76)46(27-37(9)10)31-56(73)57(39(13)14)66-61(77)45(26-36(7)8)28-47(67)22-23-51(68)50(19-2)65-62(49)78/h18,20,34-46,48-50,57-58,74H,19,21-33H2,1-17H3,(H,63,75)(H,64,76)(H,65,78)(H,66,77)/b20-18+/t40-,41-,42+,43+,44?,45-,46-,48+,49?,50+,57+,58-/m1/s1. The molecule has 1 aliphatic heterocycles. The van der Waals surface area contributed by atoms with E-state index in [9.17, 15) is 57.8 Å². The lowest BCUT2D eigenvalue weighted by Gasteiger charge is -2.30. The normalized spacial score (nSPS) is 28.0. The molecule has 0 radical (unpaired) electrons. The predicted octanol–water partition coefficient (Wildman–Crippen LogP) is 8.65. The highest BCUT2D eigenvalue weighted by Gasteiger charge is 2.40. The van der Waals surface area contributed by atoms with Crippen LogP contribution in [0.5, 0.6) is 0 Å². The van der Waals surface area contributed by atoms with Gasteiger partial charge in [0.25, 0.3) is 0 Å². The van der Waals surface area contributed by atoms with Gasteiger partial charge in [0, 0.05) is 81.0 Å². The van der Waals surface area contributed by atoms with E-state index in [0.29, 0.717) is 25.7 Å². The second-order valence-corrected chi connectivity index (χ2v) is 25.3. The molecule has 1 saturated heterocycles. The first-order chi connectivity index (χ1) is 36.2. The van der Waals surface area contributed by atoms with Crippen LogP contribution in [0.15, 0.2) is 12.2 Å². The number of hydrogen-bond donors (Lipinski definition) is 5. The van der Waals surface area contributed by atoms with E-state index in [1.807, 2.05) is 74.5 Å². The van der Waals surface area contributed by atoms with Crippen LogP contribution in [0.3, 0.4) is 0 Å². The van der Waals surface area contributed by atoms with E-state index < -0.39 is 131 Å². The van der Waals surface area contributed by atoms with E-state index in [-0.39, 0.29) is 105 Å². The Morgan fingerprint density at radius 3 is 1.40 bits per heavy atom. The second kappa shape index (κ2) is 35.1. The number of rotatable bonds is 15. The maximum absolute atomic E-state index is 14.5. The van der Waals surface area contributed by atoms with Gasteiger partial charge in [0.1, 0.15) is 29.2 Å². The predicted molar refractivity (Wildman–Crippen MR) is 304 cm³/mol. The Kier molecular flexibility index (Phi) is 32.1. The van der Waals surface area contributed by atoms with Gasteiger partial charge in [-0.3, -0.25) is 52.7 Å². The second-order valence-electron chi connectivity index (χ2n) is 25.3. The van der Waals surface area contributed by atoms with Crippen LogP contribution in [0.1, 0.15) is 208 Å². The van der Waals surface area contributed by atoms with Gasteiger partial charge in [-0.25, -0.2) is 0 Å². The number of Topliss-reactive ketones (excluding diaryl/α,β-unsaturated/α-hetero) is 7. The van der Waals surface area contributed by atoms with Gasteiger partial charge in [0.2, 0.25) is 23.6 Å². The van der Waals surface area contributed by atoms with Crippen LogP contribution in [0.4, 0.5) is 0 Å². The highest BCUT2D eigenvalue weighted by atomic mass is 16.3. The monoisotopic (exact) mass is 1100 g/mol. The van der Waals surface area contributed by atoms with E-state index in [0.717, 1.165) is 0 Å². The number of nitrogens with one attached hydrogen (secondary N) is 4. The number of amides is 4. The first kappa shape index (κ1) is 71.3. The zero-order valence-electron chi connectivity index (χ0n) is 50.9. The number of aliphatic hydroxyl groups is 1. The Morgan fingerprint density at radius 1 is 0.462 bits per heavy atom. The maximum atomic E-state index is 14.5. The van der Waals surface area contributed by atoms with E-state index >= 15 is 0 Å². The molecular formula is C62H104N4O12. The zero-order valence-corrected chi connectivity index (χ0v) is 50.9. The molecule has 0 aromatic carbocycles. The van der Waals surface area contributed by atoms with E-state index in [2.05, 4.69) is 21.3 Å². The lowest BCUT2D eigenvalue weighted by molar-refractivity contribution is -0.139. The third kappa shape index (κ3) is 25.2. The summed E-state index contributed by atoms with van der Waals surface area (Å²) in [5.41, 5.74) is 0. The van der Waals surface area contributed by atoms with E-state index in [4.69, 9.17) is 0 Å². The Balaban J connectivity index is 3.96. The van der Waals surface area contributed by atoms with Crippen LogP contribution in [0.2, 0.25) is 0 Å². The topological polar surface area (TPSA) is 256 Å². The van der Waals surface area contributed by atoms with Crippen molar-refractivity contribution in [1.29, 1.82) is 0 Å². The van der Waals surface area contributed by atoms with Crippen molar-refractivity contribution in [2.24, 2.45) is 76.9 Å². The van der Waals surface area contributed by atoms with Gasteiger partial charge >= 0.3 is 0 Å². The number of hydrogen-bond acceptors (Lipinski definition) is 12. The number of carbonyl (C=O) groups is 11. The fourth-order valence-electron chi connectivity index (χ4n) is 10.6. The van der Waals surface area contributed by atoms with Crippen LogP contribution in [-0.4, -0.2) is 99.5 Å². The first-order valence-corrected chi connectivity index (χ1v) is 29.4. The lowest BCUT2D eigenvalue weighted by Crippen LogP contribution is -2.51. The molecule has 12 atom stereocenters. The minimum absolute atomic E-state index is 0.00830. The van der Waals surface area contributed by atoms with Crippen molar-refractivity contribution in [2.75, 3.05) is 0 Å². The average molecular weight is 1100 g/mol. The van der Waals surface area contributed by atoms with Crippen LogP contribution in [-0.2, 0) is 52.7 Å². The Morgan fingerprint density at radius 2 is 0.910 bits per heavy atom. The molecule has 0 saturated carbocycles. The fourth-order valence-corrected chi connectivity index (χ4v) is 10.6. The van der Waals surface area contributed by atoms with Gasteiger partial charge in [-0.2, -0.15) is 0 Å². The maximum Gasteiger partial charge on any atom is 0.242 e. The van der Waals surface area contributed by atoms with Crippen molar-refractivity contribution < 1.29 is 57.8 Å². The summed E-state index contributed by atoms with van der Waals surface area (Å²) < 4.78 is 0. The van der Waals surface area contributed by atoms with Gasteiger partial charge in [-0.1, -0.05) is 109 Å². The summed E-state index contributed by atoms with van der Waals surface area (Å²) in [5.74, 6) is -11.9. The minimum Gasteiger partial charge on any atom is -0.392 e. The largest absolute Gasteiger partial charge is 0.392 e. The highest BCUT2D eigenvalue weighted by Crippen LogP contribution is 2.31. The van der Waals surface area contributed by atoms with Gasteiger partial charge < -0.3 is 26.4 Å². The first-order valence-electron chi connectivity index (χ1n) is 29.4. The quantitative estimate of drug-likeness (QED) is 0.0966. The molecule has 1 rings (SSSR count). The molecule has 1 heterocycles. The molecule has 0 bridgehead atoms. The lowest BCUT2D eigenvalue weighted by atomic mass is 9.76. The van der Waals surface area contributed by atoms with Gasteiger partial charge in [0.05, 0.1) is 30.1 Å². The number of allylic oxidation sites excluding steroid dienone is 2. The summed E-state index contributed by atoms with van der Waals surface area (Å²) in [6, 6.07) is -4.25. The smallest absolute Gasteiger partial charge is 0.242 e. The minimum atomic E-state index is -1.32. The summed E-state index contributed by atoms with van der Waals surface area (Å²) >= 11 is 0. The van der Waals surface area contributed by atoms with Gasteiger partial charge in [-0.15, -0.1) is 0 Å². The van der Waals surface area contributed by atoms with Crippen molar-refractivity contribution in [2.45, 2.75) is 238 Å². The summed E-state index contributed by atoms with van der Waals surface area (Å²) in [7, 11) is 0. The molecule has 16 heteroatoms. The molecule has 2 unspecified atom stereocenters. The van der Waals surface area contributed by atoms with Crippen LogP contribution in [0, 0.1) is 76.9 Å². The van der Waals surface area contributed by atoms with Crippen molar-refractivity contribution >= 4 is 64.1 Å². The Labute approximate surface area is 468 Å². The molecule has 5 N–H and O–H groups in total. The summed E-state index contributed by atoms with van der Waals surface area (Å²) in [5, 5.41) is 22.9. The Hall–Kier alpha value is -4.73. The Bertz CT molecular complexity index is 2060. The van der Waals surface area contributed by atoms with Crippen molar-refractivity contribution in [1.82, 2.24) is 21.3 Å². The molecule has 1 fully saturated rings. The van der Waals surface area contributed by atoms with Crippen LogP contribution >= 0.6 is 0 Å². The molecular weight excluding hydrogens is 993 g/mol. The number of aliphatic hydroxyl groups excluding tert-OH is 1. The molecule has 0 aliphatic carbocycles. The van der Waals surface area contributed by atoms with Crippen molar-refractivity contribution in [3.63, 3.8) is 0 Å². The summed E-state index contributed by atoms with van der Waals surface area (Å²) in [6.07, 6.45) is 2.16. The molecule has 16 nitrogen and oxygen atoms in total. The van der Waals surface area contributed by atoms with E-state index in [1.165, 1.54) is 13.8 Å². The molecule has 0 aromatic heterocycles. The van der Waals surface area contributed by atoms with Crippen LogP contribution in [0.25, 0.3) is 0 Å². The fraction of sp³-hybridized carbons (Fsp3) is 0.790. The number of carbonyl (C=O) groups excluding carboxylic acids is 11. The molecule has 0 aromatic rings. The molecule has 78 heavy (non-hydrogen) atoms. The third-order valence-electron chi connectivity index (χ3n) is 15.3. The van der Waals surface area contributed by atoms with Crippen molar-refractivity contribution in [3.05, 3.63) is 12.2 Å². The van der Waals surface area contributed by atoms with Crippen molar-refractivity contribution in [3.8, 4) is 0 Å². The highest BCUT2D eigenvalue weighted by molar-refractivity contribution is 5.99. The molecule has 4 amide bonds. The van der Waals surface area contributed by atoms with E-state index in [1.54, 1.807) is 41.5 Å². The molecule has 0 spiro atoms. The third-order valence-corrected chi connectivity index (χ3v) is 15.3. The molecule has 1 aliphatic rings. The van der Waals surface area contributed by atoms with Gasteiger partial charge in [0.15, 0.2) is 17.3 Å². The van der Waals surface area contributed by atoms with Gasteiger partial charge in [-0.05, 0) is 101 Å². The SMILES string of the molecule is C/C=C/C[C@@H](C)[C@@H](O)C1CC(=O)[C@H](C(C)C)CC(=O)C(CC(C)C)CC(=O)[C@@H](CC(C)C)CC(=O)[C@@H](C)NC(=O)[C@H](C)NC(=O)[C@H](CC(C)C)CC(=O)[C@H](C(C)C)NC(=O)[C@H](CC(C)C)CC(=O)CCC(=O)[C@H](CC)NC1=O. The van der Waals surface area contributed by atoms with Crippen LogP contribution < -0.4 is 21.3 Å². The number of ketones is 7. The zero-order chi connectivity index (χ0) is 59.9.